The minimum Gasteiger partial charge on any atom is -0.445 e. The second-order valence-electron chi connectivity index (χ2n) is 3.25. The Bertz CT molecular complexity index is 230. The molecule has 18 heavy (non-hydrogen) atoms. The van der Waals surface area contributed by atoms with Crippen molar-refractivity contribution in [2.75, 3.05) is 26.4 Å². The van der Waals surface area contributed by atoms with E-state index in [0.29, 0.717) is 26.2 Å². The lowest BCUT2D eigenvalue weighted by atomic mass is 10.4. The number of amides is 1. The number of alkyl halides is 3. The van der Waals surface area contributed by atoms with E-state index in [1.807, 2.05) is 13.8 Å². The normalized spacial score (nSPS) is 11.7. The van der Waals surface area contributed by atoms with Gasteiger partial charge in [0.2, 0.25) is 3.79 Å². The van der Waals surface area contributed by atoms with Gasteiger partial charge >= 0.3 is 6.09 Å². The number of hydrogen-bond acceptors (Lipinski definition) is 4. The summed E-state index contributed by atoms with van der Waals surface area (Å²) >= 11 is 16.3. The maximum absolute atomic E-state index is 11.2. The van der Waals surface area contributed by atoms with Crippen molar-refractivity contribution in [2.45, 2.75) is 30.4 Å². The molecule has 8 heteroatoms. The summed E-state index contributed by atoms with van der Waals surface area (Å²) in [5.41, 5.74) is 0. The van der Waals surface area contributed by atoms with Gasteiger partial charge < -0.3 is 19.5 Å². The van der Waals surface area contributed by atoms with Crippen LogP contribution in [-0.4, -0.2) is 42.5 Å². The van der Waals surface area contributed by atoms with E-state index in [1.54, 1.807) is 0 Å². The van der Waals surface area contributed by atoms with Gasteiger partial charge in [-0.05, 0) is 13.8 Å². The third kappa shape index (κ3) is 11.2. The zero-order valence-electron chi connectivity index (χ0n) is 10.4. The smallest absolute Gasteiger partial charge is 0.407 e. The van der Waals surface area contributed by atoms with Crippen LogP contribution < -0.4 is 5.32 Å². The Hall–Kier alpha value is 0.0600. The molecular weight excluding hydrogens is 304 g/mol. The second-order valence-corrected chi connectivity index (χ2v) is 5.76. The number of nitrogens with one attached hydrogen (secondary N) is 1. The lowest BCUT2D eigenvalue weighted by Crippen LogP contribution is -2.31. The van der Waals surface area contributed by atoms with Crippen LogP contribution in [0.5, 0.6) is 0 Å². The third-order valence-electron chi connectivity index (χ3n) is 1.72. The monoisotopic (exact) mass is 321 g/mol. The van der Waals surface area contributed by atoms with E-state index in [9.17, 15) is 4.79 Å². The van der Waals surface area contributed by atoms with Gasteiger partial charge in [-0.15, -0.1) is 0 Å². The number of rotatable bonds is 8. The van der Waals surface area contributed by atoms with E-state index in [4.69, 9.17) is 44.3 Å². The molecule has 0 radical (unpaired) electrons. The summed E-state index contributed by atoms with van der Waals surface area (Å²) in [7, 11) is 0. The van der Waals surface area contributed by atoms with Crippen molar-refractivity contribution in [3.63, 3.8) is 0 Å². The standard InChI is InChI=1S/C10H18Cl3NO4/c1-3-16-8(17-4-2)5-6-14-9(15)18-7-10(11,12)13/h8H,3-7H2,1-2H3,(H,14,15). The number of carbonyl (C=O) groups excluding carboxylic acids is 1. The quantitative estimate of drug-likeness (QED) is 0.551. The number of hydrogen-bond donors (Lipinski definition) is 1. The van der Waals surface area contributed by atoms with Crippen LogP contribution in [-0.2, 0) is 14.2 Å². The molecule has 0 heterocycles. The van der Waals surface area contributed by atoms with Crippen molar-refractivity contribution in [1.29, 1.82) is 0 Å². The highest BCUT2D eigenvalue weighted by Gasteiger charge is 2.22. The highest BCUT2D eigenvalue weighted by atomic mass is 35.6. The molecule has 0 unspecified atom stereocenters. The fourth-order valence-corrected chi connectivity index (χ4v) is 1.24. The molecule has 108 valence electrons. The van der Waals surface area contributed by atoms with Gasteiger partial charge in [-0.3, -0.25) is 0 Å². The molecule has 1 amide bonds. The molecule has 0 aliphatic rings. The van der Waals surface area contributed by atoms with Crippen molar-refractivity contribution in [1.82, 2.24) is 5.32 Å². The van der Waals surface area contributed by atoms with E-state index in [0.717, 1.165) is 0 Å². The zero-order chi connectivity index (χ0) is 14.0. The molecule has 0 aliphatic carbocycles. The molecular formula is C10H18Cl3NO4. The molecule has 0 aliphatic heterocycles. The fraction of sp³-hybridized carbons (Fsp3) is 0.900. The van der Waals surface area contributed by atoms with Crippen LogP contribution in [0.4, 0.5) is 4.79 Å². The van der Waals surface area contributed by atoms with Crippen molar-refractivity contribution >= 4 is 40.9 Å². The fourth-order valence-electron chi connectivity index (χ4n) is 1.08. The van der Waals surface area contributed by atoms with Crippen molar-refractivity contribution in [2.24, 2.45) is 0 Å². The minimum absolute atomic E-state index is 0.302. The molecule has 0 aromatic carbocycles. The van der Waals surface area contributed by atoms with Gasteiger partial charge in [0.1, 0.15) is 6.61 Å². The van der Waals surface area contributed by atoms with Crippen molar-refractivity contribution in [3.05, 3.63) is 0 Å². The van der Waals surface area contributed by atoms with Gasteiger partial charge in [0.25, 0.3) is 0 Å². The maximum Gasteiger partial charge on any atom is 0.407 e. The molecule has 0 saturated heterocycles. The molecule has 0 aromatic heterocycles. The van der Waals surface area contributed by atoms with Crippen LogP contribution in [0.25, 0.3) is 0 Å². The van der Waals surface area contributed by atoms with Gasteiger partial charge in [0.05, 0.1) is 0 Å². The molecule has 0 aromatic rings. The second kappa shape index (κ2) is 9.92. The first kappa shape index (κ1) is 18.1. The first-order chi connectivity index (χ1) is 8.39. The maximum atomic E-state index is 11.2. The summed E-state index contributed by atoms with van der Waals surface area (Å²) in [5, 5.41) is 2.51. The van der Waals surface area contributed by atoms with E-state index >= 15 is 0 Å². The van der Waals surface area contributed by atoms with E-state index < -0.39 is 9.89 Å². The number of halogens is 3. The Morgan fingerprint density at radius 3 is 2.22 bits per heavy atom. The zero-order valence-corrected chi connectivity index (χ0v) is 12.6. The van der Waals surface area contributed by atoms with Crippen LogP contribution >= 0.6 is 34.8 Å². The van der Waals surface area contributed by atoms with Gasteiger partial charge in [-0.25, -0.2) is 4.79 Å². The molecule has 0 spiro atoms. The Balaban J connectivity index is 3.71. The van der Waals surface area contributed by atoms with Gasteiger partial charge in [0, 0.05) is 26.2 Å². The largest absolute Gasteiger partial charge is 0.445 e. The lowest BCUT2D eigenvalue weighted by Gasteiger charge is -2.17. The highest BCUT2D eigenvalue weighted by Crippen LogP contribution is 2.25. The molecule has 0 fully saturated rings. The Morgan fingerprint density at radius 2 is 1.78 bits per heavy atom. The van der Waals surface area contributed by atoms with Crippen molar-refractivity contribution in [3.8, 4) is 0 Å². The summed E-state index contributed by atoms with van der Waals surface area (Å²) < 4.78 is 13.7. The Labute approximate surface area is 122 Å². The number of carbonyl (C=O) groups is 1. The Morgan fingerprint density at radius 1 is 1.22 bits per heavy atom. The van der Waals surface area contributed by atoms with Crippen LogP contribution in [0, 0.1) is 0 Å². The van der Waals surface area contributed by atoms with Crippen LogP contribution in [0.3, 0.4) is 0 Å². The van der Waals surface area contributed by atoms with E-state index in [2.05, 4.69) is 10.1 Å². The molecule has 5 nitrogen and oxygen atoms in total. The Kier molecular flexibility index (Phi) is 9.95. The van der Waals surface area contributed by atoms with Gasteiger partial charge in [-0.1, -0.05) is 34.8 Å². The third-order valence-corrected chi connectivity index (χ3v) is 2.05. The molecule has 0 bridgehead atoms. The van der Waals surface area contributed by atoms with Gasteiger partial charge in [0.15, 0.2) is 6.29 Å². The average molecular weight is 323 g/mol. The SMILES string of the molecule is CCOC(CCNC(=O)OCC(Cl)(Cl)Cl)OCC. The molecule has 0 rings (SSSR count). The van der Waals surface area contributed by atoms with E-state index in [-0.39, 0.29) is 12.9 Å². The summed E-state index contributed by atoms with van der Waals surface area (Å²) in [4.78, 5) is 11.2. The molecule has 0 atom stereocenters. The highest BCUT2D eigenvalue weighted by molar-refractivity contribution is 6.67. The topological polar surface area (TPSA) is 56.8 Å². The summed E-state index contributed by atoms with van der Waals surface area (Å²) in [6, 6.07) is 0. The number of ether oxygens (including phenoxy) is 3. The van der Waals surface area contributed by atoms with Crippen LogP contribution in [0.15, 0.2) is 0 Å². The first-order valence-corrected chi connectivity index (χ1v) is 6.73. The number of alkyl carbamates (subject to hydrolysis) is 1. The molecule has 0 saturated carbocycles. The summed E-state index contributed by atoms with van der Waals surface area (Å²) in [6.45, 7) is 4.88. The van der Waals surface area contributed by atoms with Gasteiger partial charge in [-0.2, -0.15) is 0 Å². The molecule has 1 N–H and O–H groups in total. The van der Waals surface area contributed by atoms with Crippen LogP contribution in [0.2, 0.25) is 0 Å². The summed E-state index contributed by atoms with van der Waals surface area (Å²) in [6.07, 6.45) is -0.466. The van der Waals surface area contributed by atoms with Crippen molar-refractivity contribution < 1.29 is 19.0 Å². The van der Waals surface area contributed by atoms with E-state index in [1.165, 1.54) is 0 Å². The minimum atomic E-state index is -1.60. The van der Waals surface area contributed by atoms with Crippen LogP contribution in [0.1, 0.15) is 20.3 Å². The predicted molar refractivity (Wildman–Crippen MR) is 71.3 cm³/mol. The average Bonchev–Trinajstić information content (AvgIpc) is 2.26. The lowest BCUT2D eigenvalue weighted by molar-refractivity contribution is -0.138. The summed E-state index contributed by atoms with van der Waals surface area (Å²) in [5.74, 6) is 0. The predicted octanol–water partition coefficient (Wildman–Crippen LogP) is 2.87. The first-order valence-electron chi connectivity index (χ1n) is 5.59.